The summed E-state index contributed by atoms with van der Waals surface area (Å²) in [5.41, 5.74) is 0. The molecule has 0 bridgehead atoms. The summed E-state index contributed by atoms with van der Waals surface area (Å²) in [4.78, 5) is 12.2. The van der Waals surface area contributed by atoms with Crippen LogP contribution in [0, 0.1) is 5.92 Å². The minimum absolute atomic E-state index is 0.0231. The van der Waals surface area contributed by atoms with Crippen molar-refractivity contribution in [2.24, 2.45) is 5.92 Å². The van der Waals surface area contributed by atoms with Crippen molar-refractivity contribution < 1.29 is 9.53 Å². The Morgan fingerprint density at radius 2 is 1.03 bits per heavy atom. The molecule has 0 spiro atoms. The second kappa shape index (κ2) is 27.1. The highest BCUT2D eigenvalue weighted by Crippen LogP contribution is 2.20. The fourth-order valence-electron chi connectivity index (χ4n) is 4.26. The molecule has 1 atom stereocenters. The lowest BCUT2D eigenvalue weighted by Gasteiger charge is -2.17. The molecule has 0 saturated heterocycles. The highest BCUT2D eigenvalue weighted by Gasteiger charge is 2.12. The van der Waals surface area contributed by atoms with Crippen LogP contribution in [0.4, 0.5) is 0 Å². The fraction of sp³-hybridized carbons (Fsp3) is 0.966. The van der Waals surface area contributed by atoms with Crippen molar-refractivity contribution in [2.45, 2.75) is 156 Å². The van der Waals surface area contributed by atoms with Gasteiger partial charge in [0.25, 0.3) is 0 Å². The van der Waals surface area contributed by atoms with Gasteiger partial charge in [-0.1, -0.05) is 130 Å². The lowest BCUT2D eigenvalue weighted by Crippen LogP contribution is -2.15. The first kappa shape index (κ1) is 31.8. The third-order valence-corrected chi connectivity index (χ3v) is 7.57. The molecule has 0 radical (unpaired) electrons. The smallest absolute Gasteiger partial charge is 0.306 e. The van der Waals surface area contributed by atoms with E-state index in [1.165, 1.54) is 134 Å². The highest BCUT2D eigenvalue weighted by molar-refractivity contribution is 7.99. The fourth-order valence-corrected chi connectivity index (χ4v) is 5.19. The standard InChI is InChI=1S/C29H58O2S/c1-4-7-10-13-15-16-18-20-23-28(22-19-17-14-11-8-5-2)27-31-29(30)24-26-32-25-21-12-9-6-3/h28H,4-27H2,1-3H3. The number of esters is 1. The molecule has 192 valence electrons. The Hall–Kier alpha value is -0.180. The van der Waals surface area contributed by atoms with Gasteiger partial charge in [0, 0.05) is 5.75 Å². The van der Waals surface area contributed by atoms with Crippen molar-refractivity contribution in [3.8, 4) is 0 Å². The quantitative estimate of drug-likeness (QED) is 0.0928. The molecule has 0 heterocycles. The predicted molar refractivity (Wildman–Crippen MR) is 146 cm³/mol. The van der Waals surface area contributed by atoms with Gasteiger partial charge < -0.3 is 4.74 Å². The number of hydrogen-bond acceptors (Lipinski definition) is 3. The van der Waals surface area contributed by atoms with Crippen LogP contribution >= 0.6 is 11.8 Å². The molecular formula is C29H58O2S. The van der Waals surface area contributed by atoms with Crippen LogP contribution in [0.3, 0.4) is 0 Å². The predicted octanol–water partition coefficient (Wildman–Crippen LogP) is 10.1. The van der Waals surface area contributed by atoms with Gasteiger partial charge in [0.1, 0.15) is 0 Å². The lowest BCUT2D eigenvalue weighted by atomic mass is 9.94. The molecule has 0 aliphatic carbocycles. The molecule has 32 heavy (non-hydrogen) atoms. The van der Waals surface area contributed by atoms with E-state index in [1.54, 1.807) is 0 Å². The minimum Gasteiger partial charge on any atom is -0.465 e. The van der Waals surface area contributed by atoms with Crippen molar-refractivity contribution in [1.29, 1.82) is 0 Å². The van der Waals surface area contributed by atoms with Gasteiger partial charge in [-0.25, -0.2) is 0 Å². The van der Waals surface area contributed by atoms with E-state index < -0.39 is 0 Å². The number of rotatable bonds is 26. The van der Waals surface area contributed by atoms with Gasteiger partial charge in [-0.2, -0.15) is 11.8 Å². The lowest BCUT2D eigenvalue weighted by molar-refractivity contribution is -0.144. The minimum atomic E-state index is 0.0231. The van der Waals surface area contributed by atoms with Crippen LogP contribution in [0.1, 0.15) is 156 Å². The summed E-state index contributed by atoms with van der Waals surface area (Å²) >= 11 is 1.91. The Labute approximate surface area is 206 Å². The molecule has 0 aromatic carbocycles. The Morgan fingerprint density at radius 1 is 0.594 bits per heavy atom. The van der Waals surface area contributed by atoms with Gasteiger partial charge in [0.15, 0.2) is 0 Å². The number of thioether (sulfide) groups is 1. The maximum absolute atomic E-state index is 12.2. The Balaban J connectivity index is 3.97. The molecule has 3 heteroatoms. The molecular weight excluding hydrogens is 412 g/mol. The summed E-state index contributed by atoms with van der Waals surface area (Å²) in [6.45, 7) is 7.46. The SMILES string of the molecule is CCCCCCCCCCC(CCCCCCCC)COC(=O)CCSCCCCCC. The van der Waals surface area contributed by atoms with Crippen molar-refractivity contribution in [1.82, 2.24) is 0 Å². The van der Waals surface area contributed by atoms with E-state index in [4.69, 9.17) is 4.74 Å². The molecule has 0 saturated carbocycles. The zero-order chi connectivity index (χ0) is 23.5. The van der Waals surface area contributed by atoms with Crippen molar-refractivity contribution in [3.63, 3.8) is 0 Å². The maximum Gasteiger partial charge on any atom is 0.306 e. The van der Waals surface area contributed by atoms with E-state index >= 15 is 0 Å². The van der Waals surface area contributed by atoms with Crippen LogP contribution in [0.25, 0.3) is 0 Å². The van der Waals surface area contributed by atoms with Crippen LogP contribution in [-0.2, 0) is 9.53 Å². The van der Waals surface area contributed by atoms with E-state index in [-0.39, 0.29) is 5.97 Å². The van der Waals surface area contributed by atoms with E-state index in [0.29, 0.717) is 18.9 Å². The number of hydrogen-bond donors (Lipinski definition) is 0. The first-order valence-corrected chi connectivity index (χ1v) is 15.6. The summed E-state index contributed by atoms with van der Waals surface area (Å²) in [5, 5.41) is 0. The zero-order valence-electron chi connectivity index (χ0n) is 22.3. The molecule has 0 N–H and O–H groups in total. The van der Waals surface area contributed by atoms with Crippen molar-refractivity contribution >= 4 is 17.7 Å². The molecule has 0 aliphatic heterocycles. The average molecular weight is 471 g/mol. The van der Waals surface area contributed by atoms with Gasteiger partial charge in [-0.05, 0) is 30.9 Å². The largest absolute Gasteiger partial charge is 0.465 e. The maximum atomic E-state index is 12.2. The average Bonchev–Trinajstić information content (AvgIpc) is 2.80. The second-order valence-electron chi connectivity index (χ2n) is 9.79. The summed E-state index contributed by atoms with van der Waals surface area (Å²) in [6, 6.07) is 0. The molecule has 0 aliphatic rings. The summed E-state index contributed by atoms with van der Waals surface area (Å²) in [7, 11) is 0. The number of carbonyl (C=O) groups is 1. The second-order valence-corrected chi connectivity index (χ2v) is 11.0. The van der Waals surface area contributed by atoms with E-state index in [1.807, 2.05) is 11.8 Å². The summed E-state index contributed by atoms with van der Waals surface area (Å²) < 4.78 is 5.72. The van der Waals surface area contributed by atoms with Crippen LogP contribution < -0.4 is 0 Å². The molecule has 0 aromatic heterocycles. The first-order valence-electron chi connectivity index (χ1n) is 14.5. The summed E-state index contributed by atoms with van der Waals surface area (Å²) in [5.74, 6) is 2.71. The third kappa shape index (κ3) is 24.5. The van der Waals surface area contributed by atoms with Gasteiger partial charge in [-0.15, -0.1) is 0 Å². The third-order valence-electron chi connectivity index (χ3n) is 6.50. The van der Waals surface area contributed by atoms with Crippen molar-refractivity contribution in [3.05, 3.63) is 0 Å². The molecule has 0 rings (SSSR count). The molecule has 2 nitrogen and oxygen atoms in total. The molecule has 0 amide bonds. The van der Waals surface area contributed by atoms with E-state index in [2.05, 4.69) is 20.8 Å². The van der Waals surface area contributed by atoms with E-state index in [0.717, 1.165) is 5.75 Å². The molecule has 1 unspecified atom stereocenters. The highest BCUT2D eigenvalue weighted by atomic mass is 32.2. The van der Waals surface area contributed by atoms with Crippen LogP contribution in [0.5, 0.6) is 0 Å². The van der Waals surface area contributed by atoms with Crippen LogP contribution in [0.15, 0.2) is 0 Å². The number of unbranched alkanes of at least 4 members (excludes halogenated alkanes) is 15. The topological polar surface area (TPSA) is 26.3 Å². The Kier molecular flexibility index (Phi) is 26.9. The number of ether oxygens (including phenoxy) is 1. The van der Waals surface area contributed by atoms with Gasteiger partial charge in [0.2, 0.25) is 0 Å². The molecule has 0 fully saturated rings. The van der Waals surface area contributed by atoms with E-state index in [9.17, 15) is 4.79 Å². The monoisotopic (exact) mass is 470 g/mol. The van der Waals surface area contributed by atoms with Gasteiger partial charge in [0.05, 0.1) is 13.0 Å². The Bertz CT molecular complexity index is 372. The normalized spacial score (nSPS) is 12.2. The van der Waals surface area contributed by atoms with Crippen LogP contribution in [0.2, 0.25) is 0 Å². The zero-order valence-corrected chi connectivity index (χ0v) is 23.1. The molecule has 0 aromatic rings. The van der Waals surface area contributed by atoms with Crippen molar-refractivity contribution in [2.75, 3.05) is 18.1 Å². The number of carbonyl (C=O) groups excluding carboxylic acids is 1. The Morgan fingerprint density at radius 3 is 1.53 bits per heavy atom. The summed E-state index contributed by atoms with van der Waals surface area (Å²) in [6.07, 6.45) is 27.3. The van der Waals surface area contributed by atoms with Gasteiger partial charge in [-0.3, -0.25) is 4.79 Å². The first-order chi connectivity index (χ1) is 15.7. The van der Waals surface area contributed by atoms with Crippen LogP contribution in [-0.4, -0.2) is 24.1 Å². The van der Waals surface area contributed by atoms with Gasteiger partial charge >= 0.3 is 5.97 Å².